The fraction of sp³-hybridized carbons (Fsp3) is 0.500. The number of aromatic nitrogens is 1. The standard InChI is InChI=1S/C10H17BrN4/c1-12-10(13-2)15(4)7-9-5-8(11)6-14(9)3/h5-6H,7H2,1-4H3,(H,12,13). The van der Waals surface area contributed by atoms with Gasteiger partial charge in [0.1, 0.15) is 0 Å². The van der Waals surface area contributed by atoms with Crippen molar-refractivity contribution in [2.45, 2.75) is 6.54 Å². The number of rotatable bonds is 2. The minimum absolute atomic E-state index is 0.829. The van der Waals surface area contributed by atoms with Crippen LogP contribution in [0, 0.1) is 0 Å². The fourth-order valence-electron chi connectivity index (χ4n) is 1.51. The molecule has 0 bridgehead atoms. The van der Waals surface area contributed by atoms with Crippen LogP contribution in [0.25, 0.3) is 0 Å². The number of hydrogen-bond donors (Lipinski definition) is 1. The molecule has 0 atom stereocenters. The van der Waals surface area contributed by atoms with Crippen molar-refractivity contribution in [3.63, 3.8) is 0 Å². The predicted octanol–water partition coefficient (Wildman–Crippen LogP) is 1.42. The number of aryl methyl sites for hydroxylation is 1. The minimum Gasteiger partial charge on any atom is -0.359 e. The van der Waals surface area contributed by atoms with Gasteiger partial charge in [0.2, 0.25) is 0 Å². The molecule has 0 saturated heterocycles. The lowest BCUT2D eigenvalue weighted by atomic mass is 10.4. The van der Waals surface area contributed by atoms with Crippen LogP contribution in [0.3, 0.4) is 0 Å². The monoisotopic (exact) mass is 272 g/mol. The van der Waals surface area contributed by atoms with Crippen molar-refractivity contribution in [2.75, 3.05) is 21.1 Å². The second-order valence-corrected chi connectivity index (χ2v) is 4.33. The molecule has 0 amide bonds. The molecule has 1 aromatic rings. The normalized spacial score (nSPS) is 11.7. The van der Waals surface area contributed by atoms with Gasteiger partial charge in [0.15, 0.2) is 5.96 Å². The summed E-state index contributed by atoms with van der Waals surface area (Å²) in [6, 6.07) is 2.11. The number of hydrogen-bond acceptors (Lipinski definition) is 1. The zero-order valence-corrected chi connectivity index (χ0v) is 11.2. The molecule has 4 nitrogen and oxygen atoms in total. The van der Waals surface area contributed by atoms with E-state index in [0.29, 0.717) is 0 Å². The van der Waals surface area contributed by atoms with Crippen LogP contribution in [0.1, 0.15) is 5.69 Å². The second kappa shape index (κ2) is 5.21. The van der Waals surface area contributed by atoms with E-state index in [4.69, 9.17) is 0 Å². The molecular formula is C10H17BrN4. The van der Waals surface area contributed by atoms with Crippen molar-refractivity contribution in [2.24, 2.45) is 12.0 Å². The predicted molar refractivity (Wildman–Crippen MR) is 67.0 cm³/mol. The molecule has 15 heavy (non-hydrogen) atoms. The number of halogens is 1. The van der Waals surface area contributed by atoms with Gasteiger partial charge >= 0.3 is 0 Å². The van der Waals surface area contributed by atoms with Gasteiger partial charge in [-0.3, -0.25) is 4.99 Å². The fourth-order valence-corrected chi connectivity index (χ4v) is 2.09. The Labute approximate surface area is 99.1 Å². The van der Waals surface area contributed by atoms with Crippen LogP contribution in [0.4, 0.5) is 0 Å². The molecule has 84 valence electrons. The minimum atomic E-state index is 0.829. The summed E-state index contributed by atoms with van der Waals surface area (Å²) in [6.45, 7) is 0.829. The molecule has 1 rings (SSSR count). The SMILES string of the molecule is CN=C(NC)N(C)Cc1cc(Br)cn1C. The Kier molecular flexibility index (Phi) is 4.20. The summed E-state index contributed by atoms with van der Waals surface area (Å²) in [5, 5.41) is 3.05. The summed E-state index contributed by atoms with van der Waals surface area (Å²) >= 11 is 3.46. The lowest BCUT2D eigenvalue weighted by Gasteiger charge is -2.20. The molecule has 0 unspecified atom stereocenters. The summed E-state index contributed by atoms with van der Waals surface area (Å²) in [4.78, 5) is 6.22. The van der Waals surface area contributed by atoms with Crippen LogP contribution in [0.2, 0.25) is 0 Å². The van der Waals surface area contributed by atoms with Gasteiger partial charge < -0.3 is 14.8 Å². The third-order valence-corrected chi connectivity index (χ3v) is 2.70. The number of guanidine groups is 1. The molecule has 5 heteroatoms. The van der Waals surface area contributed by atoms with Crippen molar-refractivity contribution in [1.82, 2.24) is 14.8 Å². The maximum atomic E-state index is 4.15. The highest BCUT2D eigenvalue weighted by atomic mass is 79.9. The highest BCUT2D eigenvalue weighted by molar-refractivity contribution is 9.10. The number of nitrogens with one attached hydrogen (secondary N) is 1. The summed E-state index contributed by atoms with van der Waals surface area (Å²) in [6.07, 6.45) is 2.05. The van der Waals surface area contributed by atoms with E-state index in [1.807, 2.05) is 27.3 Å². The zero-order chi connectivity index (χ0) is 11.4. The van der Waals surface area contributed by atoms with Crippen LogP contribution in [-0.2, 0) is 13.6 Å². The average molecular weight is 273 g/mol. The highest BCUT2D eigenvalue weighted by Gasteiger charge is 2.07. The Morgan fingerprint density at radius 2 is 2.33 bits per heavy atom. The third-order valence-electron chi connectivity index (χ3n) is 2.27. The summed E-state index contributed by atoms with van der Waals surface area (Å²) in [7, 11) is 7.71. The van der Waals surface area contributed by atoms with Gasteiger partial charge in [0.05, 0.1) is 6.54 Å². The van der Waals surface area contributed by atoms with Gasteiger partial charge in [-0.1, -0.05) is 0 Å². The van der Waals surface area contributed by atoms with E-state index in [1.165, 1.54) is 5.69 Å². The molecule has 0 aliphatic rings. The first-order chi connectivity index (χ1) is 7.08. The van der Waals surface area contributed by atoms with Crippen LogP contribution < -0.4 is 5.32 Å². The van der Waals surface area contributed by atoms with Gasteiger partial charge in [-0.15, -0.1) is 0 Å². The van der Waals surface area contributed by atoms with E-state index in [2.05, 4.69) is 41.8 Å². The lowest BCUT2D eigenvalue weighted by Crippen LogP contribution is -2.36. The maximum absolute atomic E-state index is 4.15. The Morgan fingerprint density at radius 1 is 1.67 bits per heavy atom. The second-order valence-electron chi connectivity index (χ2n) is 3.41. The van der Waals surface area contributed by atoms with E-state index < -0.39 is 0 Å². The van der Waals surface area contributed by atoms with Crippen molar-refractivity contribution < 1.29 is 0 Å². The average Bonchev–Trinajstić information content (AvgIpc) is 2.47. The summed E-state index contributed by atoms with van der Waals surface area (Å²) in [5.41, 5.74) is 1.24. The topological polar surface area (TPSA) is 32.6 Å². The van der Waals surface area contributed by atoms with Gasteiger partial charge in [-0.25, -0.2) is 0 Å². The van der Waals surface area contributed by atoms with Crippen LogP contribution in [0.5, 0.6) is 0 Å². The molecule has 0 fully saturated rings. The van der Waals surface area contributed by atoms with Crippen molar-refractivity contribution >= 4 is 21.9 Å². The van der Waals surface area contributed by atoms with Gasteiger partial charge in [0.25, 0.3) is 0 Å². The first kappa shape index (κ1) is 12.1. The van der Waals surface area contributed by atoms with Crippen molar-refractivity contribution in [3.05, 3.63) is 22.4 Å². The quantitative estimate of drug-likeness (QED) is 0.653. The largest absolute Gasteiger partial charge is 0.359 e. The van der Waals surface area contributed by atoms with E-state index in [1.54, 1.807) is 7.05 Å². The van der Waals surface area contributed by atoms with Crippen LogP contribution >= 0.6 is 15.9 Å². The Morgan fingerprint density at radius 3 is 2.73 bits per heavy atom. The van der Waals surface area contributed by atoms with Crippen molar-refractivity contribution in [3.8, 4) is 0 Å². The summed E-state index contributed by atoms with van der Waals surface area (Å²) < 4.78 is 3.21. The molecule has 1 aromatic heterocycles. The van der Waals surface area contributed by atoms with Gasteiger partial charge in [0, 0.05) is 44.6 Å². The van der Waals surface area contributed by atoms with Gasteiger partial charge in [-0.2, -0.15) is 0 Å². The molecule has 0 spiro atoms. The first-order valence-corrected chi connectivity index (χ1v) is 5.54. The summed E-state index contributed by atoms with van der Waals surface area (Å²) in [5.74, 6) is 0.882. The van der Waals surface area contributed by atoms with Crippen LogP contribution in [0.15, 0.2) is 21.7 Å². The Balaban J connectivity index is 2.74. The Bertz CT molecular complexity index is 356. The van der Waals surface area contributed by atoms with E-state index in [9.17, 15) is 0 Å². The lowest BCUT2D eigenvalue weighted by molar-refractivity contribution is 0.467. The molecule has 0 aliphatic heterocycles. The van der Waals surface area contributed by atoms with E-state index in [-0.39, 0.29) is 0 Å². The first-order valence-electron chi connectivity index (χ1n) is 4.75. The zero-order valence-electron chi connectivity index (χ0n) is 9.58. The third kappa shape index (κ3) is 2.99. The van der Waals surface area contributed by atoms with E-state index >= 15 is 0 Å². The highest BCUT2D eigenvalue weighted by Crippen LogP contribution is 2.14. The Hall–Kier alpha value is -0.970. The maximum Gasteiger partial charge on any atom is 0.193 e. The number of nitrogens with zero attached hydrogens (tertiary/aromatic N) is 3. The van der Waals surface area contributed by atoms with Crippen molar-refractivity contribution in [1.29, 1.82) is 0 Å². The molecule has 0 radical (unpaired) electrons. The van der Waals surface area contributed by atoms with Crippen LogP contribution in [-0.4, -0.2) is 36.6 Å². The molecule has 1 N–H and O–H groups in total. The molecule has 0 aromatic carbocycles. The molecular weight excluding hydrogens is 256 g/mol. The number of aliphatic imine (C=N–C) groups is 1. The molecule has 0 aliphatic carbocycles. The van der Waals surface area contributed by atoms with Gasteiger partial charge in [-0.05, 0) is 22.0 Å². The smallest absolute Gasteiger partial charge is 0.193 e. The van der Waals surface area contributed by atoms with E-state index in [0.717, 1.165) is 17.0 Å². The molecule has 0 saturated carbocycles. The molecule has 1 heterocycles.